The molecule has 0 saturated heterocycles. The summed E-state index contributed by atoms with van der Waals surface area (Å²) < 4.78 is 15.2. The molecule has 0 aliphatic heterocycles. The number of rotatable bonds is 5. The van der Waals surface area contributed by atoms with Gasteiger partial charge in [0.2, 0.25) is 0 Å². The number of nitrogens with two attached hydrogens (primary N) is 1. The minimum Gasteiger partial charge on any atom is -0.409 e. The zero-order chi connectivity index (χ0) is 14.5. The lowest BCUT2D eigenvalue weighted by molar-refractivity contribution is 0.318. The first kappa shape index (κ1) is 15.0. The van der Waals surface area contributed by atoms with Gasteiger partial charge in [0.05, 0.1) is 5.56 Å². The van der Waals surface area contributed by atoms with Crippen molar-refractivity contribution in [2.75, 3.05) is 0 Å². The summed E-state index contributed by atoms with van der Waals surface area (Å²) in [6.45, 7) is 1.03. The number of nitrogens with one attached hydrogen (secondary N) is 1. The number of nitrogens with zero attached hydrogens (tertiary/aromatic N) is 1. The Bertz CT molecular complexity index is 630. The Labute approximate surface area is 128 Å². The molecule has 20 heavy (non-hydrogen) atoms. The molecule has 0 saturated carbocycles. The molecule has 0 aliphatic rings. The second kappa shape index (κ2) is 6.83. The van der Waals surface area contributed by atoms with Gasteiger partial charge in [-0.15, -0.1) is 11.3 Å². The van der Waals surface area contributed by atoms with E-state index in [4.69, 9.17) is 10.9 Å². The van der Waals surface area contributed by atoms with Crippen molar-refractivity contribution in [1.82, 2.24) is 5.32 Å². The molecule has 0 bridgehead atoms. The highest BCUT2D eigenvalue weighted by atomic mass is 79.9. The van der Waals surface area contributed by atoms with Crippen LogP contribution in [0.1, 0.15) is 16.0 Å². The molecular weight excluding hydrogens is 345 g/mol. The van der Waals surface area contributed by atoms with Crippen molar-refractivity contribution in [1.29, 1.82) is 0 Å². The van der Waals surface area contributed by atoms with Crippen molar-refractivity contribution in [3.63, 3.8) is 0 Å². The van der Waals surface area contributed by atoms with Crippen LogP contribution in [0.5, 0.6) is 0 Å². The smallest absolute Gasteiger partial charge is 0.173 e. The van der Waals surface area contributed by atoms with Crippen LogP contribution >= 0.6 is 27.3 Å². The summed E-state index contributed by atoms with van der Waals surface area (Å²) in [5.74, 6) is -0.700. The maximum Gasteiger partial charge on any atom is 0.173 e. The molecule has 0 atom stereocenters. The van der Waals surface area contributed by atoms with Gasteiger partial charge in [0.1, 0.15) is 5.82 Å². The Morgan fingerprint density at radius 2 is 2.25 bits per heavy atom. The Morgan fingerprint density at radius 1 is 1.45 bits per heavy atom. The molecule has 106 valence electrons. The van der Waals surface area contributed by atoms with Crippen LogP contribution in [0.25, 0.3) is 0 Å². The van der Waals surface area contributed by atoms with Gasteiger partial charge in [0.15, 0.2) is 5.84 Å². The maximum atomic E-state index is 14.1. The number of amidine groups is 1. The van der Waals surface area contributed by atoms with E-state index < -0.39 is 5.82 Å². The highest BCUT2D eigenvalue weighted by Crippen LogP contribution is 2.19. The molecule has 4 N–H and O–H groups in total. The molecule has 1 heterocycles. The van der Waals surface area contributed by atoms with Crippen LogP contribution in [0.2, 0.25) is 0 Å². The van der Waals surface area contributed by atoms with Crippen LogP contribution in [0.15, 0.2) is 39.3 Å². The Hall–Kier alpha value is -1.44. The molecule has 2 aromatic rings. The van der Waals surface area contributed by atoms with E-state index in [9.17, 15) is 4.39 Å². The summed E-state index contributed by atoms with van der Waals surface area (Å²) in [4.78, 5) is 1.16. The molecule has 2 rings (SSSR count). The largest absolute Gasteiger partial charge is 0.409 e. The third-order valence-electron chi connectivity index (χ3n) is 2.70. The van der Waals surface area contributed by atoms with Crippen molar-refractivity contribution in [2.24, 2.45) is 10.9 Å². The van der Waals surface area contributed by atoms with Gasteiger partial charge in [-0.25, -0.2) is 4.39 Å². The molecule has 0 unspecified atom stereocenters. The van der Waals surface area contributed by atoms with Crippen molar-refractivity contribution < 1.29 is 9.60 Å². The van der Waals surface area contributed by atoms with Crippen molar-refractivity contribution in [3.8, 4) is 0 Å². The fourth-order valence-corrected chi connectivity index (χ4v) is 3.16. The monoisotopic (exact) mass is 357 g/mol. The molecule has 1 aromatic carbocycles. The number of benzene rings is 1. The van der Waals surface area contributed by atoms with Crippen LogP contribution < -0.4 is 11.1 Å². The van der Waals surface area contributed by atoms with E-state index in [-0.39, 0.29) is 11.4 Å². The molecule has 0 radical (unpaired) electrons. The van der Waals surface area contributed by atoms with Gasteiger partial charge in [0, 0.05) is 33.4 Å². The second-order valence-electron chi connectivity index (χ2n) is 4.10. The highest BCUT2D eigenvalue weighted by Gasteiger charge is 2.11. The van der Waals surface area contributed by atoms with Gasteiger partial charge < -0.3 is 16.3 Å². The van der Waals surface area contributed by atoms with Crippen LogP contribution in [0.3, 0.4) is 0 Å². The molecular formula is C13H13BrFN3OS. The van der Waals surface area contributed by atoms with Gasteiger partial charge in [-0.3, -0.25) is 0 Å². The number of thiophene rings is 1. The van der Waals surface area contributed by atoms with Crippen LogP contribution in [0, 0.1) is 5.82 Å². The average molecular weight is 358 g/mol. The van der Waals surface area contributed by atoms with Gasteiger partial charge in [0.25, 0.3) is 0 Å². The molecule has 4 nitrogen and oxygen atoms in total. The third-order valence-corrected chi connectivity index (χ3v) is 4.40. The van der Waals surface area contributed by atoms with E-state index in [1.807, 2.05) is 11.4 Å². The fraction of sp³-hybridized carbons (Fsp3) is 0.154. The summed E-state index contributed by atoms with van der Waals surface area (Å²) in [5, 5.41) is 16.6. The van der Waals surface area contributed by atoms with Crippen LogP contribution in [0.4, 0.5) is 4.39 Å². The molecule has 7 heteroatoms. The molecule has 0 aliphatic carbocycles. The molecule has 1 aromatic heterocycles. The lowest BCUT2D eigenvalue weighted by Crippen LogP contribution is -2.18. The van der Waals surface area contributed by atoms with Gasteiger partial charge in [-0.2, -0.15) is 0 Å². The number of hydrogen-bond donors (Lipinski definition) is 3. The fourth-order valence-electron chi connectivity index (χ4n) is 1.73. The highest BCUT2D eigenvalue weighted by molar-refractivity contribution is 9.10. The minimum absolute atomic E-state index is 0.102. The predicted octanol–water partition coefficient (Wildman–Crippen LogP) is 3.03. The molecule has 0 amide bonds. The SMILES string of the molecule is N/C(=N/O)c1cccc(CNCc2cc(Br)cs2)c1F. The number of halogens is 2. The Kier molecular flexibility index (Phi) is 5.11. The van der Waals surface area contributed by atoms with Crippen LogP contribution in [-0.2, 0) is 13.1 Å². The maximum absolute atomic E-state index is 14.1. The quantitative estimate of drug-likeness (QED) is 0.333. The van der Waals surface area contributed by atoms with Crippen LogP contribution in [-0.4, -0.2) is 11.0 Å². The zero-order valence-electron chi connectivity index (χ0n) is 10.4. The summed E-state index contributed by atoms with van der Waals surface area (Å²) in [6.07, 6.45) is 0. The first-order valence-electron chi connectivity index (χ1n) is 5.80. The predicted molar refractivity (Wildman–Crippen MR) is 81.5 cm³/mol. The van der Waals surface area contributed by atoms with E-state index in [1.54, 1.807) is 23.5 Å². The zero-order valence-corrected chi connectivity index (χ0v) is 12.8. The standard InChI is InChI=1S/C13H13BrFN3OS/c14-9-4-10(20-7-9)6-17-5-8-2-1-3-11(12(8)15)13(16)18-19/h1-4,7,17,19H,5-6H2,(H2,16,18). The normalized spacial score (nSPS) is 11.8. The second-order valence-corrected chi connectivity index (χ2v) is 6.01. The molecule has 0 spiro atoms. The van der Waals surface area contributed by atoms with E-state index in [1.165, 1.54) is 6.07 Å². The summed E-state index contributed by atoms with van der Waals surface area (Å²) in [5.41, 5.74) is 6.00. The average Bonchev–Trinajstić information content (AvgIpc) is 2.85. The van der Waals surface area contributed by atoms with Crippen molar-refractivity contribution in [3.05, 3.63) is 55.9 Å². The first-order chi connectivity index (χ1) is 9.61. The van der Waals surface area contributed by atoms with Crippen molar-refractivity contribution >= 4 is 33.1 Å². The summed E-state index contributed by atoms with van der Waals surface area (Å²) in [7, 11) is 0. The van der Waals surface area contributed by atoms with E-state index in [2.05, 4.69) is 26.4 Å². The van der Waals surface area contributed by atoms with Gasteiger partial charge in [-0.05, 0) is 28.1 Å². The third kappa shape index (κ3) is 3.56. The minimum atomic E-state index is -0.470. The topological polar surface area (TPSA) is 70.6 Å². The Morgan fingerprint density at radius 3 is 2.90 bits per heavy atom. The number of oxime groups is 1. The summed E-state index contributed by atoms with van der Waals surface area (Å²) >= 11 is 5.01. The summed E-state index contributed by atoms with van der Waals surface area (Å²) in [6, 6.07) is 6.83. The lowest BCUT2D eigenvalue weighted by atomic mass is 10.1. The van der Waals surface area contributed by atoms with E-state index >= 15 is 0 Å². The van der Waals surface area contributed by atoms with Gasteiger partial charge in [-0.1, -0.05) is 17.3 Å². The first-order valence-corrected chi connectivity index (χ1v) is 7.48. The Balaban J connectivity index is 2.03. The van der Waals surface area contributed by atoms with E-state index in [0.29, 0.717) is 18.7 Å². The lowest BCUT2D eigenvalue weighted by Gasteiger charge is -2.08. The van der Waals surface area contributed by atoms with Crippen molar-refractivity contribution in [2.45, 2.75) is 13.1 Å². The molecule has 0 fully saturated rings. The number of hydrogen-bond acceptors (Lipinski definition) is 4. The van der Waals surface area contributed by atoms with E-state index in [0.717, 1.165) is 9.35 Å². The van der Waals surface area contributed by atoms with Gasteiger partial charge >= 0.3 is 0 Å².